The first-order chi connectivity index (χ1) is 11.0. The minimum atomic E-state index is 0.0316. The maximum Gasteiger partial charge on any atom is 0.134 e. The van der Waals surface area contributed by atoms with Crippen LogP contribution in [0.3, 0.4) is 0 Å². The molecule has 5 heteroatoms. The molecule has 0 aliphatic rings. The quantitative estimate of drug-likeness (QED) is 0.858. The molecule has 0 saturated carbocycles. The predicted molar refractivity (Wildman–Crippen MR) is 97.4 cm³/mol. The van der Waals surface area contributed by atoms with Gasteiger partial charge in [0.25, 0.3) is 0 Å². The summed E-state index contributed by atoms with van der Waals surface area (Å²) in [6, 6.07) is 8.04. The van der Waals surface area contributed by atoms with Crippen LogP contribution < -0.4 is 15.5 Å². The first kappa shape index (κ1) is 17.1. The van der Waals surface area contributed by atoms with Crippen LogP contribution in [0.1, 0.15) is 25.0 Å². The van der Waals surface area contributed by atoms with Gasteiger partial charge in [0, 0.05) is 32.4 Å². The molecule has 0 bridgehead atoms. The van der Waals surface area contributed by atoms with Crippen molar-refractivity contribution in [2.75, 3.05) is 36.2 Å². The van der Waals surface area contributed by atoms with Gasteiger partial charge in [-0.3, -0.25) is 0 Å². The monoisotopic (exact) mass is 314 g/mol. The van der Waals surface area contributed by atoms with Gasteiger partial charge < -0.3 is 20.6 Å². The standard InChI is InChI=1S/C18H26N4O/c1-5-14-8-7-13(12-23)9-16(14)22(4)18-10-17(21(3)6-2)15(19)11-20-18/h7-11,23H,5-6,12,19H2,1-4H3. The average molecular weight is 314 g/mol. The number of nitrogen functional groups attached to an aromatic ring is 1. The smallest absolute Gasteiger partial charge is 0.134 e. The summed E-state index contributed by atoms with van der Waals surface area (Å²) < 4.78 is 0. The van der Waals surface area contributed by atoms with Crippen LogP contribution in [0.5, 0.6) is 0 Å². The van der Waals surface area contributed by atoms with Crippen LogP contribution in [-0.2, 0) is 13.0 Å². The van der Waals surface area contributed by atoms with Gasteiger partial charge in [-0.15, -0.1) is 0 Å². The molecule has 0 aliphatic heterocycles. The molecular weight excluding hydrogens is 288 g/mol. The lowest BCUT2D eigenvalue weighted by Crippen LogP contribution is -2.19. The maximum atomic E-state index is 9.41. The Morgan fingerprint density at radius 3 is 2.48 bits per heavy atom. The second-order valence-corrected chi connectivity index (χ2v) is 5.65. The highest BCUT2D eigenvalue weighted by molar-refractivity contribution is 5.73. The molecule has 0 unspecified atom stereocenters. The van der Waals surface area contributed by atoms with Gasteiger partial charge in [-0.25, -0.2) is 4.98 Å². The van der Waals surface area contributed by atoms with Gasteiger partial charge in [0.15, 0.2) is 0 Å². The van der Waals surface area contributed by atoms with Gasteiger partial charge in [-0.1, -0.05) is 19.1 Å². The van der Waals surface area contributed by atoms with Crippen LogP contribution in [0, 0.1) is 0 Å². The average Bonchev–Trinajstić information content (AvgIpc) is 2.60. The highest BCUT2D eigenvalue weighted by Crippen LogP contribution is 2.31. The number of rotatable bonds is 6. The zero-order valence-electron chi connectivity index (χ0n) is 14.4. The van der Waals surface area contributed by atoms with E-state index in [0.29, 0.717) is 5.69 Å². The summed E-state index contributed by atoms with van der Waals surface area (Å²) >= 11 is 0. The van der Waals surface area contributed by atoms with Gasteiger partial charge in [-0.05, 0) is 30.5 Å². The fourth-order valence-corrected chi connectivity index (χ4v) is 2.57. The molecule has 0 spiro atoms. The van der Waals surface area contributed by atoms with Crippen molar-refractivity contribution in [3.8, 4) is 0 Å². The fourth-order valence-electron chi connectivity index (χ4n) is 2.57. The third-order valence-corrected chi connectivity index (χ3v) is 4.20. The molecule has 23 heavy (non-hydrogen) atoms. The number of aliphatic hydroxyl groups excluding tert-OH is 1. The summed E-state index contributed by atoms with van der Waals surface area (Å²) in [7, 11) is 4.00. The van der Waals surface area contributed by atoms with Crippen LogP contribution in [0.25, 0.3) is 0 Å². The second kappa shape index (κ2) is 7.33. The first-order valence-corrected chi connectivity index (χ1v) is 7.94. The Kier molecular flexibility index (Phi) is 5.45. The van der Waals surface area contributed by atoms with Crippen molar-refractivity contribution in [3.63, 3.8) is 0 Å². The third-order valence-electron chi connectivity index (χ3n) is 4.20. The van der Waals surface area contributed by atoms with E-state index in [1.54, 1.807) is 6.20 Å². The Morgan fingerprint density at radius 2 is 1.87 bits per heavy atom. The SMILES string of the molecule is CCc1ccc(CO)cc1N(C)c1cc(N(C)CC)c(N)cn1. The minimum absolute atomic E-state index is 0.0316. The van der Waals surface area contributed by atoms with Crippen molar-refractivity contribution in [1.82, 2.24) is 4.98 Å². The number of nitrogens with two attached hydrogens (primary N) is 1. The summed E-state index contributed by atoms with van der Waals surface area (Å²) in [5.74, 6) is 0.833. The maximum absolute atomic E-state index is 9.41. The molecule has 0 fully saturated rings. The normalized spacial score (nSPS) is 10.7. The topological polar surface area (TPSA) is 65.6 Å². The number of anilines is 4. The zero-order valence-corrected chi connectivity index (χ0v) is 14.4. The molecule has 124 valence electrons. The van der Waals surface area contributed by atoms with Gasteiger partial charge in [0.2, 0.25) is 0 Å². The van der Waals surface area contributed by atoms with Gasteiger partial charge in [-0.2, -0.15) is 0 Å². The molecule has 0 amide bonds. The van der Waals surface area contributed by atoms with E-state index in [4.69, 9.17) is 5.73 Å². The molecule has 2 aromatic rings. The number of hydrogen-bond donors (Lipinski definition) is 2. The van der Waals surface area contributed by atoms with Crippen molar-refractivity contribution < 1.29 is 5.11 Å². The van der Waals surface area contributed by atoms with E-state index < -0.39 is 0 Å². The summed E-state index contributed by atoms with van der Waals surface area (Å²) in [6.45, 7) is 5.11. The van der Waals surface area contributed by atoms with E-state index in [-0.39, 0.29) is 6.61 Å². The molecule has 0 atom stereocenters. The number of aliphatic hydroxyl groups is 1. The zero-order chi connectivity index (χ0) is 17.0. The van der Waals surface area contributed by atoms with Crippen molar-refractivity contribution >= 4 is 22.9 Å². The van der Waals surface area contributed by atoms with Crippen molar-refractivity contribution in [2.45, 2.75) is 26.9 Å². The largest absolute Gasteiger partial charge is 0.396 e. The van der Waals surface area contributed by atoms with E-state index in [9.17, 15) is 5.11 Å². The third kappa shape index (κ3) is 3.56. The van der Waals surface area contributed by atoms with E-state index in [1.807, 2.05) is 37.2 Å². The number of pyridine rings is 1. The molecule has 3 N–H and O–H groups in total. The fraction of sp³-hybridized carbons (Fsp3) is 0.389. The predicted octanol–water partition coefficient (Wildman–Crippen LogP) is 2.94. The summed E-state index contributed by atoms with van der Waals surface area (Å²) in [5, 5.41) is 9.41. The number of benzene rings is 1. The number of aromatic nitrogens is 1. The molecule has 1 aromatic heterocycles. The van der Waals surface area contributed by atoms with Crippen molar-refractivity contribution in [3.05, 3.63) is 41.6 Å². The Balaban J connectivity index is 2.46. The Bertz CT molecular complexity index is 672. The number of hydrogen-bond acceptors (Lipinski definition) is 5. The van der Waals surface area contributed by atoms with Crippen LogP contribution in [-0.4, -0.2) is 30.7 Å². The highest BCUT2D eigenvalue weighted by atomic mass is 16.3. The molecule has 2 rings (SSSR count). The molecule has 1 heterocycles. The van der Waals surface area contributed by atoms with E-state index in [1.165, 1.54) is 5.56 Å². The van der Waals surface area contributed by atoms with Crippen LogP contribution in [0.15, 0.2) is 30.5 Å². The lowest BCUT2D eigenvalue weighted by atomic mass is 10.1. The molecular formula is C18H26N4O. The molecule has 0 aliphatic carbocycles. The first-order valence-electron chi connectivity index (χ1n) is 7.94. The lowest BCUT2D eigenvalue weighted by Gasteiger charge is -2.25. The van der Waals surface area contributed by atoms with Crippen LogP contribution in [0.4, 0.5) is 22.9 Å². The summed E-state index contributed by atoms with van der Waals surface area (Å²) in [4.78, 5) is 8.62. The summed E-state index contributed by atoms with van der Waals surface area (Å²) in [5.41, 5.74) is 10.9. The number of aryl methyl sites for hydroxylation is 1. The van der Waals surface area contributed by atoms with Crippen molar-refractivity contribution in [2.24, 2.45) is 0 Å². The lowest BCUT2D eigenvalue weighted by molar-refractivity contribution is 0.282. The van der Waals surface area contributed by atoms with E-state index in [0.717, 1.165) is 35.7 Å². The molecule has 1 aromatic carbocycles. The van der Waals surface area contributed by atoms with E-state index in [2.05, 4.69) is 29.8 Å². The Labute approximate surface area is 138 Å². The molecule has 0 saturated heterocycles. The van der Waals surface area contributed by atoms with Gasteiger partial charge in [0.1, 0.15) is 5.82 Å². The second-order valence-electron chi connectivity index (χ2n) is 5.65. The minimum Gasteiger partial charge on any atom is -0.396 e. The van der Waals surface area contributed by atoms with Gasteiger partial charge >= 0.3 is 0 Å². The Morgan fingerprint density at radius 1 is 1.13 bits per heavy atom. The summed E-state index contributed by atoms with van der Waals surface area (Å²) in [6.07, 6.45) is 2.62. The van der Waals surface area contributed by atoms with E-state index >= 15 is 0 Å². The van der Waals surface area contributed by atoms with Crippen LogP contribution >= 0.6 is 0 Å². The van der Waals surface area contributed by atoms with Gasteiger partial charge in [0.05, 0.1) is 24.2 Å². The highest BCUT2D eigenvalue weighted by Gasteiger charge is 2.13. The Hall–Kier alpha value is -2.27. The molecule has 5 nitrogen and oxygen atoms in total. The molecule has 0 radical (unpaired) electrons. The number of nitrogens with zero attached hydrogens (tertiary/aromatic N) is 3. The van der Waals surface area contributed by atoms with Crippen LogP contribution in [0.2, 0.25) is 0 Å². The van der Waals surface area contributed by atoms with Crippen molar-refractivity contribution in [1.29, 1.82) is 0 Å².